The van der Waals surface area contributed by atoms with Crippen LogP contribution in [-0.4, -0.2) is 84.8 Å². The summed E-state index contributed by atoms with van der Waals surface area (Å²) in [7, 11) is -0.666. The molecule has 280 valence electrons. The zero-order valence-electron chi connectivity index (χ0n) is 30.6. The molecular formula is C37H48N6O7S2. The average Bonchev–Trinajstić information content (AvgIpc) is 3.96. The van der Waals surface area contributed by atoms with Crippen molar-refractivity contribution in [2.75, 3.05) is 27.3 Å². The lowest BCUT2D eigenvalue weighted by molar-refractivity contribution is -0.130. The van der Waals surface area contributed by atoms with Crippen molar-refractivity contribution in [3.05, 3.63) is 47.0 Å². The fraction of sp³-hybridized carbons (Fsp3) is 0.541. The van der Waals surface area contributed by atoms with E-state index >= 15 is 0 Å². The summed E-state index contributed by atoms with van der Waals surface area (Å²) in [6, 6.07) is 4.03. The Morgan fingerprint density at radius 2 is 1.94 bits per heavy atom. The largest absolute Gasteiger partial charge is 0.496 e. The maximum atomic E-state index is 14.0. The third-order valence-corrected chi connectivity index (χ3v) is 13.4. The van der Waals surface area contributed by atoms with Gasteiger partial charge in [0, 0.05) is 48.3 Å². The molecular weight excluding hydrogens is 705 g/mol. The van der Waals surface area contributed by atoms with Crippen LogP contribution in [0, 0.1) is 12.8 Å². The highest BCUT2D eigenvalue weighted by Crippen LogP contribution is 2.47. The van der Waals surface area contributed by atoms with Gasteiger partial charge in [-0.2, -0.15) is 0 Å². The van der Waals surface area contributed by atoms with Crippen LogP contribution in [0.15, 0.2) is 35.7 Å². The van der Waals surface area contributed by atoms with Gasteiger partial charge in [-0.25, -0.2) is 23.2 Å². The zero-order valence-corrected chi connectivity index (χ0v) is 32.2. The third kappa shape index (κ3) is 7.61. The van der Waals surface area contributed by atoms with Crippen molar-refractivity contribution in [1.29, 1.82) is 0 Å². The first-order valence-corrected chi connectivity index (χ1v) is 20.2. The number of thiazole rings is 1. The molecule has 1 aromatic carbocycles. The minimum absolute atomic E-state index is 0.0239. The van der Waals surface area contributed by atoms with E-state index < -0.39 is 44.2 Å². The molecule has 2 fully saturated rings. The van der Waals surface area contributed by atoms with Gasteiger partial charge in [-0.1, -0.05) is 26.0 Å². The number of aromatic nitrogens is 2. The molecule has 52 heavy (non-hydrogen) atoms. The number of nitrogens with zero attached hydrogens (tertiary/aromatic N) is 3. The van der Waals surface area contributed by atoms with E-state index in [4.69, 9.17) is 19.4 Å². The van der Waals surface area contributed by atoms with E-state index in [2.05, 4.69) is 29.2 Å². The van der Waals surface area contributed by atoms with Gasteiger partial charge >= 0.3 is 6.03 Å². The van der Waals surface area contributed by atoms with Crippen LogP contribution in [-0.2, 0) is 19.6 Å². The molecule has 2 aromatic heterocycles. The van der Waals surface area contributed by atoms with Crippen molar-refractivity contribution in [3.8, 4) is 22.2 Å². The zero-order chi connectivity index (χ0) is 37.4. The molecule has 0 radical (unpaired) electrons. The highest BCUT2D eigenvalue weighted by Gasteiger charge is 2.62. The van der Waals surface area contributed by atoms with Gasteiger partial charge < -0.3 is 25.0 Å². The highest BCUT2D eigenvalue weighted by molar-refractivity contribution is 7.91. The van der Waals surface area contributed by atoms with Crippen molar-refractivity contribution in [2.24, 2.45) is 5.92 Å². The lowest BCUT2D eigenvalue weighted by Crippen LogP contribution is -2.58. The predicted octanol–water partition coefficient (Wildman–Crippen LogP) is 5.19. The molecule has 0 bridgehead atoms. The Hall–Kier alpha value is -4.24. The fourth-order valence-electron chi connectivity index (χ4n) is 6.36. The molecule has 3 heterocycles. The number of fused-ring (bicyclic) bond motifs is 2. The molecule has 2 saturated carbocycles. The van der Waals surface area contributed by atoms with Gasteiger partial charge in [-0.05, 0) is 70.4 Å². The van der Waals surface area contributed by atoms with E-state index in [1.165, 1.54) is 16.2 Å². The summed E-state index contributed by atoms with van der Waals surface area (Å²) in [5, 5.41) is 9.20. The Morgan fingerprint density at radius 1 is 1.17 bits per heavy atom. The number of sulfonamides is 1. The van der Waals surface area contributed by atoms with Crippen molar-refractivity contribution in [1.82, 2.24) is 30.2 Å². The van der Waals surface area contributed by atoms with E-state index in [1.54, 1.807) is 21.1 Å². The van der Waals surface area contributed by atoms with Crippen LogP contribution in [0.4, 0.5) is 4.79 Å². The topological polar surface area (TPSA) is 169 Å². The van der Waals surface area contributed by atoms with Gasteiger partial charge in [-0.15, -0.1) is 11.3 Å². The number of carbonyl (C=O) groups is 3. The molecule has 0 unspecified atom stereocenters. The fourth-order valence-corrected chi connectivity index (χ4v) is 8.61. The van der Waals surface area contributed by atoms with Crippen molar-refractivity contribution in [2.45, 2.75) is 94.9 Å². The van der Waals surface area contributed by atoms with E-state index in [9.17, 15) is 22.8 Å². The number of hydrogen-bond acceptors (Lipinski definition) is 10. The molecule has 3 atom stereocenters. The molecule has 0 spiro atoms. The summed E-state index contributed by atoms with van der Waals surface area (Å²) in [5.74, 6) is -0.300. The number of urea groups is 1. The second-order valence-electron chi connectivity index (χ2n) is 14.7. The van der Waals surface area contributed by atoms with Crippen LogP contribution in [0.5, 0.6) is 11.5 Å². The van der Waals surface area contributed by atoms with Gasteiger partial charge in [0.2, 0.25) is 15.9 Å². The van der Waals surface area contributed by atoms with Crippen LogP contribution in [0.25, 0.3) is 21.6 Å². The van der Waals surface area contributed by atoms with Gasteiger partial charge in [0.25, 0.3) is 5.91 Å². The Morgan fingerprint density at radius 3 is 2.63 bits per heavy atom. The number of allylic oxidation sites excluding steroid dienone is 1. The van der Waals surface area contributed by atoms with E-state index in [0.717, 1.165) is 40.9 Å². The quantitative estimate of drug-likeness (QED) is 0.236. The average molecular weight is 753 g/mol. The molecule has 0 saturated heterocycles. The summed E-state index contributed by atoms with van der Waals surface area (Å²) in [5.41, 5.74) is 1.67. The van der Waals surface area contributed by atoms with Gasteiger partial charge in [0.05, 0.1) is 29.7 Å². The smallest absolute Gasteiger partial charge is 0.317 e. The maximum absolute atomic E-state index is 14.0. The molecule has 13 nitrogen and oxygen atoms in total. The van der Waals surface area contributed by atoms with Crippen molar-refractivity contribution >= 4 is 50.1 Å². The third-order valence-electron chi connectivity index (χ3n) is 10.4. The van der Waals surface area contributed by atoms with Gasteiger partial charge in [0.1, 0.15) is 33.8 Å². The van der Waals surface area contributed by atoms with E-state index in [1.807, 2.05) is 42.7 Å². The second-order valence-corrected chi connectivity index (χ2v) is 17.7. The van der Waals surface area contributed by atoms with Crippen LogP contribution < -0.4 is 24.8 Å². The number of hydrogen-bond donors (Lipinski definition) is 3. The Labute approximate surface area is 309 Å². The first-order chi connectivity index (χ1) is 24.7. The molecule has 3 N–H and O–H groups in total. The van der Waals surface area contributed by atoms with Crippen LogP contribution in [0.2, 0.25) is 0 Å². The molecule has 1 aliphatic heterocycles. The van der Waals surface area contributed by atoms with Gasteiger partial charge in [-0.3, -0.25) is 14.3 Å². The summed E-state index contributed by atoms with van der Waals surface area (Å²) < 4.78 is 39.3. The number of pyridine rings is 1. The van der Waals surface area contributed by atoms with Crippen LogP contribution in [0.3, 0.4) is 0 Å². The summed E-state index contributed by atoms with van der Waals surface area (Å²) >= 11 is 1.50. The lowest BCUT2D eigenvalue weighted by atomic mass is 10.1. The van der Waals surface area contributed by atoms with E-state index in [-0.39, 0.29) is 31.3 Å². The SMILES string of the molecule is COc1ccc2c(OCC[C@@H]3NC(=O)N(C)CCCCC=C[C@@H]4C[C@@]4(C(=O)NS(=O)(=O)C4(C)CC4)NC3=O)cc(-c3nc(C(C)C)cs3)nc2c1C. The maximum Gasteiger partial charge on any atom is 0.317 e. The summed E-state index contributed by atoms with van der Waals surface area (Å²) in [4.78, 5) is 52.3. The minimum Gasteiger partial charge on any atom is -0.496 e. The second kappa shape index (κ2) is 14.6. The normalized spacial score (nSPS) is 23.3. The Bertz CT molecular complexity index is 2010. The standard InChI is InChI=1S/C37H48N6O7S2/c1-22(2)28-21-51-33(39-28)27-19-30(25-12-13-29(49-6)23(3)31(25)38-27)50-18-14-26-32(44)41-37(34(45)42-52(47,48)36(4)15-16-36)20-24(37)11-9-7-8-10-17-43(5)35(46)40-26/h9,11-13,19,21-22,24,26H,7-8,10,14-18,20H2,1-6H3,(H,40,46)(H,41,44)(H,42,45)/t24-,26+,37-/m1/s1. The molecule has 3 aliphatic rings. The first-order valence-electron chi connectivity index (χ1n) is 17.8. The molecule has 4 amide bonds. The number of ether oxygens (including phenoxy) is 2. The number of methoxy groups -OCH3 is 1. The van der Waals surface area contributed by atoms with Gasteiger partial charge in [0.15, 0.2) is 0 Å². The predicted molar refractivity (Wildman–Crippen MR) is 200 cm³/mol. The highest BCUT2D eigenvalue weighted by atomic mass is 32.2. The molecule has 3 aromatic rings. The minimum atomic E-state index is -3.94. The number of benzene rings is 1. The molecule has 2 aliphatic carbocycles. The Balaban J connectivity index is 1.27. The number of aryl methyl sites for hydroxylation is 1. The van der Waals surface area contributed by atoms with E-state index in [0.29, 0.717) is 42.1 Å². The lowest BCUT2D eigenvalue weighted by Gasteiger charge is -2.26. The monoisotopic (exact) mass is 752 g/mol. The number of carbonyl (C=O) groups excluding carboxylic acids is 3. The number of amides is 4. The van der Waals surface area contributed by atoms with Crippen LogP contribution >= 0.6 is 11.3 Å². The van der Waals surface area contributed by atoms with Crippen LogP contribution in [0.1, 0.15) is 82.9 Å². The molecule has 15 heteroatoms. The summed E-state index contributed by atoms with van der Waals surface area (Å²) in [6.07, 6.45) is 7.37. The Kier molecular flexibility index (Phi) is 10.6. The number of rotatable bonds is 10. The number of nitrogens with one attached hydrogen (secondary N) is 3. The summed E-state index contributed by atoms with van der Waals surface area (Å²) in [6.45, 7) is 8.22. The van der Waals surface area contributed by atoms with Crippen molar-refractivity contribution < 1.29 is 32.3 Å². The van der Waals surface area contributed by atoms with Crippen molar-refractivity contribution in [3.63, 3.8) is 0 Å². The first kappa shape index (κ1) is 37.5. The molecule has 6 rings (SSSR count).